The van der Waals surface area contributed by atoms with Gasteiger partial charge in [0.1, 0.15) is 0 Å². The van der Waals surface area contributed by atoms with Gasteiger partial charge in [-0.3, -0.25) is 9.78 Å². The highest BCUT2D eigenvalue weighted by Crippen LogP contribution is 2.35. The Morgan fingerprint density at radius 2 is 1.91 bits per heavy atom. The van der Waals surface area contributed by atoms with Crippen LogP contribution in [0.4, 0.5) is 4.79 Å². The van der Waals surface area contributed by atoms with Crippen molar-refractivity contribution in [2.45, 2.75) is 25.4 Å². The second-order valence-corrected chi connectivity index (χ2v) is 6.60. The lowest BCUT2D eigenvalue weighted by Gasteiger charge is -2.47. The Hall–Kier alpha value is -2.11. The molecule has 1 aromatic heterocycles. The number of likely N-dealkylation sites (tertiary alicyclic amines) is 1. The summed E-state index contributed by atoms with van der Waals surface area (Å²) in [5.74, 6) is 0.105. The number of pyridine rings is 1. The highest BCUT2D eigenvalue weighted by atomic mass is 16.6. The molecule has 3 rings (SSSR count). The molecule has 0 saturated carbocycles. The molecule has 6 nitrogen and oxygen atoms in total. The van der Waals surface area contributed by atoms with Gasteiger partial charge in [0, 0.05) is 19.4 Å². The Morgan fingerprint density at radius 3 is 2.41 bits per heavy atom. The van der Waals surface area contributed by atoms with E-state index in [0.29, 0.717) is 19.6 Å². The Bertz CT molecular complexity index is 582. The first-order valence-electron chi connectivity index (χ1n) is 7.55. The Kier molecular flexibility index (Phi) is 3.54. The number of nitrogens with zero attached hydrogens (tertiary/aromatic N) is 3. The molecule has 2 saturated heterocycles. The minimum absolute atomic E-state index is 0.0948. The van der Waals surface area contributed by atoms with Crippen LogP contribution in [0.25, 0.3) is 0 Å². The molecule has 3 heterocycles. The second-order valence-electron chi connectivity index (χ2n) is 6.60. The molecule has 1 atom stereocenters. The summed E-state index contributed by atoms with van der Waals surface area (Å²) in [6.07, 6.45) is 3.12. The predicted molar refractivity (Wildman–Crippen MR) is 80.2 cm³/mol. The van der Waals surface area contributed by atoms with Gasteiger partial charge in [-0.25, -0.2) is 4.79 Å². The van der Waals surface area contributed by atoms with Gasteiger partial charge in [0.25, 0.3) is 0 Å². The van der Waals surface area contributed by atoms with Gasteiger partial charge in [0.15, 0.2) is 5.60 Å². The van der Waals surface area contributed by atoms with Gasteiger partial charge in [0.2, 0.25) is 5.91 Å². The molecule has 0 aromatic carbocycles. The van der Waals surface area contributed by atoms with Crippen LogP contribution in [0.1, 0.15) is 25.3 Å². The molecule has 118 valence electrons. The van der Waals surface area contributed by atoms with Crippen LogP contribution in [-0.2, 0) is 9.53 Å². The van der Waals surface area contributed by atoms with Crippen LogP contribution < -0.4 is 0 Å². The summed E-state index contributed by atoms with van der Waals surface area (Å²) in [5, 5.41) is 0. The number of hydrogen-bond acceptors (Lipinski definition) is 4. The fraction of sp³-hybridized carbons (Fsp3) is 0.562. The zero-order valence-electron chi connectivity index (χ0n) is 13.2. The number of hydrogen-bond donors (Lipinski definition) is 0. The number of likely N-dealkylation sites (N-methyl/N-ethyl adjacent to an activating group) is 1. The summed E-state index contributed by atoms with van der Waals surface area (Å²) in [5.41, 5.74) is 0.484. The van der Waals surface area contributed by atoms with Crippen LogP contribution in [-0.4, -0.2) is 59.1 Å². The molecule has 22 heavy (non-hydrogen) atoms. The Morgan fingerprint density at radius 1 is 1.27 bits per heavy atom. The third-order valence-corrected chi connectivity index (χ3v) is 4.41. The fourth-order valence-corrected chi connectivity index (χ4v) is 3.34. The van der Waals surface area contributed by atoms with Gasteiger partial charge in [-0.15, -0.1) is 0 Å². The highest BCUT2D eigenvalue weighted by molar-refractivity contribution is 5.85. The van der Waals surface area contributed by atoms with Gasteiger partial charge >= 0.3 is 6.09 Å². The van der Waals surface area contributed by atoms with Crippen molar-refractivity contribution in [3.05, 3.63) is 30.1 Å². The van der Waals surface area contributed by atoms with Crippen molar-refractivity contribution in [1.82, 2.24) is 14.8 Å². The monoisotopic (exact) mass is 303 g/mol. The lowest BCUT2D eigenvalue weighted by Crippen LogP contribution is -2.66. The first-order chi connectivity index (χ1) is 10.4. The summed E-state index contributed by atoms with van der Waals surface area (Å²) in [4.78, 5) is 31.7. The van der Waals surface area contributed by atoms with E-state index in [2.05, 4.69) is 4.98 Å². The van der Waals surface area contributed by atoms with Crippen molar-refractivity contribution in [3.8, 4) is 0 Å². The number of carbonyl (C=O) groups excluding carboxylic acids is 2. The summed E-state index contributed by atoms with van der Waals surface area (Å²) in [6, 6.07) is 3.78. The molecule has 6 heteroatoms. The summed E-state index contributed by atoms with van der Waals surface area (Å²) < 4.78 is 5.41. The van der Waals surface area contributed by atoms with Crippen molar-refractivity contribution in [2.24, 2.45) is 5.92 Å². The van der Waals surface area contributed by atoms with Gasteiger partial charge in [-0.1, -0.05) is 13.8 Å². The average Bonchev–Trinajstić information content (AvgIpc) is 2.74. The maximum absolute atomic E-state index is 12.8. The van der Waals surface area contributed by atoms with Crippen LogP contribution in [0.15, 0.2) is 24.5 Å². The average molecular weight is 303 g/mol. The van der Waals surface area contributed by atoms with Gasteiger partial charge in [-0.05, 0) is 23.6 Å². The normalized spacial score (nSPS) is 21.0. The molecule has 2 aliphatic heterocycles. The summed E-state index contributed by atoms with van der Waals surface area (Å²) in [6.45, 7) is 5.60. The van der Waals surface area contributed by atoms with E-state index in [1.807, 2.05) is 26.0 Å². The third-order valence-electron chi connectivity index (χ3n) is 4.41. The van der Waals surface area contributed by atoms with Crippen LogP contribution in [0.3, 0.4) is 0 Å². The summed E-state index contributed by atoms with van der Waals surface area (Å²) in [7, 11) is 1.72. The first kappa shape index (κ1) is 14.8. The van der Waals surface area contributed by atoms with E-state index in [4.69, 9.17) is 4.74 Å². The van der Waals surface area contributed by atoms with Gasteiger partial charge < -0.3 is 14.5 Å². The number of aromatic nitrogens is 1. The van der Waals surface area contributed by atoms with Gasteiger partial charge in [-0.2, -0.15) is 0 Å². The lowest BCUT2D eigenvalue weighted by molar-refractivity contribution is -0.152. The number of amides is 2. The van der Waals surface area contributed by atoms with Crippen LogP contribution in [0, 0.1) is 5.92 Å². The van der Waals surface area contributed by atoms with Crippen molar-refractivity contribution in [3.63, 3.8) is 0 Å². The Balaban J connectivity index is 1.71. The second kappa shape index (κ2) is 5.26. The molecule has 2 aliphatic rings. The molecule has 0 bridgehead atoms. The molecule has 0 aliphatic carbocycles. The maximum Gasteiger partial charge on any atom is 0.410 e. The molecule has 2 fully saturated rings. The van der Waals surface area contributed by atoms with E-state index in [0.717, 1.165) is 5.56 Å². The Labute approximate surface area is 130 Å². The minimum Gasteiger partial charge on any atom is -0.437 e. The smallest absolute Gasteiger partial charge is 0.410 e. The molecule has 2 amide bonds. The molecular formula is C16H21N3O3. The number of carbonyl (C=O) groups is 2. The number of ether oxygens (including phenoxy) is 1. The zero-order chi connectivity index (χ0) is 15.9. The van der Waals surface area contributed by atoms with Crippen molar-refractivity contribution in [2.75, 3.05) is 26.7 Å². The molecule has 1 spiro atoms. The molecule has 0 N–H and O–H groups in total. The van der Waals surface area contributed by atoms with Crippen LogP contribution in [0.5, 0.6) is 0 Å². The SMILES string of the molecule is CC(C)C(C(=O)N1CC2(CN(C)C(=O)O2)C1)c1ccncc1. The third kappa shape index (κ3) is 2.42. The minimum atomic E-state index is -0.499. The van der Waals surface area contributed by atoms with Gasteiger partial charge in [0.05, 0.1) is 25.6 Å². The summed E-state index contributed by atoms with van der Waals surface area (Å²) >= 11 is 0. The quantitative estimate of drug-likeness (QED) is 0.848. The maximum atomic E-state index is 12.8. The first-order valence-corrected chi connectivity index (χ1v) is 7.55. The standard InChI is InChI=1S/C16H21N3O3/c1-11(2)13(12-4-6-17-7-5-12)14(20)19-9-16(10-19)8-18(3)15(21)22-16/h4-7,11,13H,8-10H2,1-3H3. The fourth-order valence-electron chi connectivity index (χ4n) is 3.34. The van der Waals surface area contributed by atoms with E-state index in [1.165, 1.54) is 0 Å². The van der Waals surface area contributed by atoms with Crippen LogP contribution >= 0.6 is 0 Å². The predicted octanol–water partition coefficient (Wildman–Crippen LogP) is 1.48. The van der Waals surface area contributed by atoms with E-state index < -0.39 is 5.60 Å². The highest BCUT2D eigenvalue weighted by Gasteiger charge is 2.54. The molecule has 1 aromatic rings. The molecular weight excluding hydrogens is 282 g/mol. The topological polar surface area (TPSA) is 62.7 Å². The van der Waals surface area contributed by atoms with E-state index >= 15 is 0 Å². The largest absolute Gasteiger partial charge is 0.437 e. The van der Waals surface area contributed by atoms with E-state index in [1.54, 1.807) is 29.2 Å². The molecule has 1 unspecified atom stereocenters. The molecule has 0 radical (unpaired) electrons. The zero-order valence-corrected chi connectivity index (χ0v) is 13.2. The van der Waals surface area contributed by atoms with E-state index in [9.17, 15) is 9.59 Å². The van der Waals surface area contributed by atoms with Crippen molar-refractivity contribution < 1.29 is 14.3 Å². The lowest BCUT2D eigenvalue weighted by atomic mass is 9.84. The van der Waals surface area contributed by atoms with Crippen molar-refractivity contribution in [1.29, 1.82) is 0 Å². The van der Waals surface area contributed by atoms with E-state index in [-0.39, 0.29) is 23.8 Å². The number of rotatable bonds is 3. The van der Waals surface area contributed by atoms with Crippen molar-refractivity contribution >= 4 is 12.0 Å². The van der Waals surface area contributed by atoms with Crippen LogP contribution in [0.2, 0.25) is 0 Å².